The van der Waals surface area contributed by atoms with E-state index in [1.54, 1.807) is 0 Å². The highest BCUT2D eigenvalue weighted by atomic mass is 16.7. The van der Waals surface area contributed by atoms with Crippen molar-refractivity contribution in [3.63, 3.8) is 0 Å². The molecule has 3 amide bonds. The van der Waals surface area contributed by atoms with Crippen LogP contribution < -0.4 is 5.32 Å². The molecule has 2 aromatic rings. The molecule has 1 aliphatic rings. The first-order chi connectivity index (χ1) is 16.5. The van der Waals surface area contributed by atoms with Gasteiger partial charge in [0, 0.05) is 19.3 Å². The fourth-order valence-corrected chi connectivity index (χ4v) is 3.24. The highest BCUT2D eigenvalue weighted by Gasteiger charge is 2.32. The van der Waals surface area contributed by atoms with Crippen LogP contribution in [0.3, 0.4) is 0 Å². The van der Waals surface area contributed by atoms with Crippen molar-refractivity contribution in [3.8, 4) is 0 Å². The van der Waals surface area contributed by atoms with Gasteiger partial charge in [0.25, 0.3) is 11.8 Å². The summed E-state index contributed by atoms with van der Waals surface area (Å²) in [4.78, 5) is 52.2. The fraction of sp³-hybridized carbons (Fsp3) is 0.360. The van der Waals surface area contributed by atoms with Crippen molar-refractivity contribution >= 4 is 23.7 Å². The lowest BCUT2D eigenvalue weighted by molar-refractivity contribution is -0.197. The summed E-state index contributed by atoms with van der Waals surface area (Å²) in [5, 5.41) is 3.28. The minimum absolute atomic E-state index is 0.0141. The van der Waals surface area contributed by atoms with Crippen molar-refractivity contribution in [1.29, 1.82) is 0 Å². The van der Waals surface area contributed by atoms with Crippen LogP contribution in [0, 0.1) is 0 Å². The van der Waals surface area contributed by atoms with Crippen LogP contribution in [0.1, 0.15) is 36.8 Å². The maximum absolute atomic E-state index is 12.4. The van der Waals surface area contributed by atoms with E-state index in [9.17, 15) is 19.2 Å². The number of imide groups is 1. The molecule has 34 heavy (non-hydrogen) atoms. The summed E-state index contributed by atoms with van der Waals surface area (Å²) in [6.07, 6.45) is -0.408. The van der Waals surface area contributed by atoms with E-state index in [4.69, 9.17) is 14.3 Å². The van der Waals surface area contributed by atoms with Crippen LogP contribution in [0.15, 0.2) is 60.7 Å². The van der Waals surface area contributed by atoms with Gasteiger partial charge in [-0.15, -0.1) is 5.06 Å². The highest BCUT2D eigenvalue weighted by Crippen LogP contribution is 2.13. The standard InChI is InChI=1S/C25H28N2O7/c28-22(11-14-25(31)34-27-23(29)12-13-24(27)30)26-21(17-32-15-19-7-3-1-4-8-19)18-33-16-20-9-5-2-6-10-20/h1-10,21H,11-18H2,(H,26,28). The molecule has 0 bridgehead atoms. The van der Waals surface area contributed by atoms with Crippen LogP contribution in [0.2, 0.25) is 0 Å². The van der Waals surface area contributed by atoms with Crippen LogP contribution in [-0.2, 0) is 46.7 Å². The van der Waals surface area contributed by atoms with E-state index in [0.29, 0.717) is 18.3 Å². The Hall–Kier alpha value is -3.56. The number of carbonyl (C=O) groups is 4. The molecule has 3 rings (SSSR count). The number of benzene rings is 2. The van der Waals surface area contributed by atoms with Crippen LogP contribution >= 0.6 is 0 Å². The van der Waals surface area contributed by atoms with E-state index >= 15 is 0 Å². The minimum atomic E-state index is -0.823. The van der Waals surface area contributed by atoms with Gasteiger partial charge < -0.3 is 19.6 Å². The quantitative estimate of drug-likeness (QED) is 0.449. The van der Waals surface area contributed by atoms with Gasteiger partial charge in [0.05, 0.1) is 38.9 Å². The Morgan fingerprint density at radius 3 is 1.79 bits per heavy atom. The zero-order chi connectivity index (χ0) is 24.2. The summed E-state index contributed by atoms with van der Waals surface area (Å²) >= 11 is 0. The molecule has 2 aromatic carbocycles. The maximum Gasteiger partial charge on any atom is 0.333 e. The van der Waals surface area contributed by atoms with Gasteiger partial charge in [-0.2, -0.15) is 0 Å². The molecule has 0 atom stereocenters. The third kappa shape index (κ3) is 8.42. The lowest BCUT2D eigenvalue weighted by Crippen LogP contribution is -2.41. The summed E-state index contributed by atoms with van der Waals surface area (Å²) in [5.41, 5.74) is 2.01. The van der Waals surface area contributed by atoms with Crippen molar-refractivity contribution < 1.29 is 33.5 Å². The Kier molecular flexibility index (Phi) is 9.75. The predicted molar refractivity (Wildman–Crippen MR) is 121 cm³/mol. The van der Waals surface area contributed by atoms with E-state index in [2.05, 4.69) is 5.32 Å². The molecule has 1 heterocycles. The van der Waals surface area contributed by atoms with Gasteiger partial charge in [0.2, 0.25) is 5.91 Å². The lowest BCUT2D eigenvalue weighted by atomic mass is 10.2. The summed E-state index contributed by atoms with van der Waals surface area (Å²) in [5.74, 6) is -2.34. The second-order valence-corrected chi connectivity index (χ2v) is 7.81. The Morgan fingerprint density at radius 1 is 0.794 bits per heavy atom. The third-order valence-electron chi connectivity index (χ3n) is 4.98. The summed E-state index contributed by atoms with van der Waals surface area (Å²) in [6.45, 7) is 1.21. The molecule has 1 saturated heterocycles. The normalized spacial score (nSPS) is 13.4. The minimum Gasteiger partial charge on any atom is -0.375 e. The summed E-state index contributed by atoms with van der Waals surface area (Å²) < 4.78 is 11.5. The zero-order valence-corrected chi connectivity index (χ0v) is 18.8. The Balaban J connectivity index is 1.45. The Morgan fingerprint density at radius 2 is 1.29 bits per heavy atom. The molecule has 9 nitrogen and oxygen atoms in total. The number of hydrogen-bond acceptors (Lipinski definition) is 7. The van der Waals surface area contributed by atoms with Crippen molar-refractivity contribution in [2.45, 2.75) is 44.9 Å². The van der Waals surface area contributed by atoms with E-state index < -0.39 is 29.7 Å². The van der Waals surface area contributed by atoms with Crippen molar-refractivity contribution in [1.82, 2.24) is 10.4 Å². The van der Waals surface area contributed by atoms with E-state index in [1.165, 1.54) is 0 Å². The molecule has 0 spiro atoms. The highest BCUT2D eigenvalue weighted by molar-refractivity contribution is 6.01. The number of rotatable bonds is 13. The van der Waals surface area contributed by atoms with Crippen molar-refractivity contribution in [2.75, 3.05) is 13.2 Å². The number of nitrogens with one attached hydrogen (secondary N) is 1. The molecule has 1 aliphatic heterocycles. The van der Waals surface area contributed by atoms with Crippen LogP contribution in [0.25, 0.3) is 0 Å². The number of nitrogens with zero attached hydrogens (tertiary/aromatic N) is 1. The van der Waals surface area contributed by atoms with Gasteiger partial charge in [0.1, 0.15) is 0 Å². The molecule has 1 fully saturated rings. The smallest absolute Gasteiger partial charge is 0.333 e. The van der Waals surface area contributed by atoms with Crippen LogP contribution in [-0.4, -0.2) is 48.0 Å². The van der Waals surface area contributed by atoms with Crippen LogP contribution in [0.4, 0.5) is 0 Å². The van der Waals surface area contributed by atoms with Gasteiger partial charge in [-0.05, 0) is 11.1 Å². The molecular weight excluding hydrogens is 440 g/mol. The molecule has 9 heteroatoms. The average Bonchev–Trinajstić information content (AvgIpc) is 3.16. The maximum atomic E-state index is 12.4. The second kappa shape index (κ2) is 13.2. The van der Waals surface area contributed by atoms with Gasteiger partial charge in [-0.25, -0.2) is 4.79 Å². The van der Waals surface area contributed by atoms with Gasteiger partial charge in [-0.3, -0.25) is 14.4 Å². The summed E-state index contributed by atoms with van der Waals surface area (Å²) in [6, 6.07) is 18.9. The monoisotopic (exact) mass is 468 g/mol. The first-order valence-electron chi connectivity index (χ1n) is 11.1. The van der Waals surface area contributed by atoms with Crippen LogP contribution in [0.5, 0.6) is 0 Å². The molecule has 1 N–H and O–H groups in total. The largest absolute Gasteiger partial charge is 0.375 e. The van der Waals surface area contributed by atoms with E-state index in [-0.39, 0.29) is 38.9 Å². The number of ether oxygens (including phenoxy) is 2. The number of amides is 3. The first kappa shape index (κ1) is 25.1. The lowest BCUT2D eigenvalue weighted by Gasteiger charge is -2.19. The molecule has 0 unspecified atom stereocenters. The fourth-order valence-electron chi connectivity index (χ4n) is 3.24. The van der Waals surface area contributed by atoms with E-state index in [0.717, 1.165) is 11.1 Å². The Bertz CT molecular complexity index is 904. The SMILES string of the molecule is O=C(CCC(=O)ON1C(=O)CCC1=O)NC(COCc1ccccc1)COCc1ccccc1. The number of hydroxylamine groups is 2. The summed E-state index contributed by atoms with van der Waals surface area (Å²) in [7, 11) is 0. The molecule has 180 valence electrons. The van der Waals surface area contributed by atoms with Gasteiger partial charge >= 0.3 is 5.97 Å². The second-order valence-electron chi connectivity index (χ2n) is 7.81. The van der Waals surface area contributed by atoms with Crippen molar-refractivity contribution in [2.24, 2.45) is 0 Å². The molecule has 0 saturated carbocycles. The van der Waals surface area contributed by atoms with E-state index in [1.807, 2.05) is 60.7 Å². The van der Waals surface area contributed by atoms with Gasteiger partial charge in [-0.1, -0.05) is 60.7 Å². The van der Waals surface area contributed by atoms with Crippen molar-refractivity contribution in [3.05, 3.63) is 71.8 Å². The van der Waals surface area contributed by atoms with Gasteiger partial charge in [0.15, 0.2) is 0 Å². The predicted octanol–water partition coefficient (Wildman–Crippen LogP) is 2.29. The average molecular weight is 469 g/mol. The molecule has 0 aromatic heterocycles. The zero-order valence-electron chi connectivity index (χ0n) is 18.8. The topological polar surface area (TPSA) is 111 Å². The number of hydrogen-bond donors (Lipinski definition) is 1. The first-order valence-corrected chi connectivity index (χ1v) is 11.1. The molecule has 0 aliphatic carbocycles. The third-order valence-corrected chi connectivity index (χ3v) is 4.98. The molecule has 0 radical (unpaired) electrons. The Labute approximate surface area is 197 Å². The number of carbonyl (C=O) groups excluding carboxylic acids is 4. The molecular formula is C25H28N2O7.